The van der Waals surface area contributed by atoms with E-state index in [0.717, 1.165) is 63.1 Å². The number of amides is 2. The van der Waals surface area contributed by atoms with Gasteiger partial charge in [-0.3, -0.25) is 9.59 Å². The summed E-state index contributed by atoms with van der Waals surface area (Å²) in [4.78, 5) is 41.9. The second-order valence-electron chi connectivity index (χ2n) is 12.8. The minimum Gasteiger partial charge on any atom is -0.393 e. The van der Waals surface area contributed by atoms with E-state index in [2.05, 4.69) is 37.4 Å². The van der Waals surface area contributed by atoms with Crippen molar-refractivity contribution in [3.63, 3.8) is 0 Å². The molecule has 3 aromatic rings. The molecule has 6 rings (SSSR count). The van der Waals surface area contributed by atoms with Crippen molar-refractivity contribution in [1.82, 2.24) is 25.1 Å². The van der Waals surface area contributed by atoms with E-state index in [-0.39, 0.29) is 29.8 Å². The second-order valence-corrected chi connectivity index (χ2v) is 13.2. The van der Waals surface area contributed by atoms with Gasteiger partial charge < -0.3 is 30.4 Å². The summed E-state index contributed by atoms with van der Waals surface area (Å²) in [5.74, 6) is -0.465. The van der Waals surface area contributed by atoms with Crippen LogP contribution in [0, 0.1) is 5.82 Å². The lowest BCUT2D eigenvalue weighted by Gasteiger charge is -2.34. The molecular formula is C34H41ClFN7O3. The number of likely N-dealkylation sites (N-methyl/N-ethyl adjacent to an activating group) is 1. The topological polar surface area (TPSA) is 114 Å². The smallest absolute Gasteiger partial charge is 0.255 e. The molecule has 1 saturated carbocycles. The number of carbonyl (C=O) groups excluding carboxylic acids is 2. The predicted molar refractivity (Wildman–Crippen MR) is 176 cm³/mol. The first kappa shape index (κ1) is 32.2. The van der Waals surface area contributed by atoms with Crippen LogP contribution in [0.1, 0.15) is 67.1 Å². The highest BCUT2D eigenvalue weighted by Gasteiger charge is 2.35. The largest absolute Gasteiger partial charge is 0.393 e. The zero-order valence-electron chi connectivity index (χ0n) is 26.5. The van der Waals surface area contributed by atoms with Gasteiger partial charge in [0.1, 0.15) is 11.9 Å². The minimum absolute atomic E-state index is 0.169. The molecule has 2 aliphatic heterocycles. The molecule has 2 atom stereocenters. The molecule has 2 amide bonds. The van der Waals surface area contributed by atoms with Gasteiger partial charge in [0.25, 0.3) is 5.91 Å². The molecular weight excluding hydrogens is 609 g/mol. The van der Waals surface area contributed by atoms with Crippen molar-refractivity contribution in [2.75, 3.05) is 43.4 Å². The zero-order chi connectivity index (χ0) is 32.5. The summed E-state index contributed by atoms with van der Waals surface area (Å²) in [7, 11) is 2.07. The molecule has 3 aliphatic rings. The van der Waals surface area contributed by atoms with E-state index in [1.165, 1.54) is 12.1 Å². The van der Waals surface area contributed by atoms with Gasteiger partial charge in [0.15, 0.2) is 0 Å². The summed E-state index contributed by atoms with van der Waals surface area (Å²) in [5.41, 5.74) is 3.97. The van der Waals surface area contributed by atoms with Gasteiger partial charge in [-0.2, -0.15) is 0 Å². The number of hydrogen-bond acceptors (Lipinski definition) is 8. The van der Waals surface area contributed by atoms with E-state index in [4.69, 9.17) is 11.6 Å². The van der Waals surface area contributed by atoms with Gasteiger partial charge >= 0.3 is 0 Å². The van der Waals surface area contributed by atoms with E-state index in [1.807, 2.05) is 25.1 Å². The van der Waals surface area contributed by atoms with Crippen LogP contribution >= 0.6 is 11.6 Å². The molecule has 244 valence electrons. The van der Waals surface area contributed by atoms with Gasteiger partial charge in [-0.1, -0.05) is 23.7 Å². The second kappa shape index (κ2) is 13.5. The minimum atomic E-state index is -0.746. The molecule has 2 fully saturated rings. The third-order valence-corrected chi connectivity index (χ3v) is 9.74. The Bertz CT molecular complexity index is 1610. The number of aliphatic hydroxyl groups is 1. The Morgan fingerprint density at radius 3 is 2.54 bits per heavy atom. The van der Waals surface area contributed by atoms with Crippen LogP contribution in [0.4, 0.5) is 16.0 Å². The number of anilines is 2. The monoisotopic (exact) mass is 649 g/mol. The molecule has 2 aromatic carbocycles. The maximum atomic E-state index is 14.7. The highest BCUT2D eigenvalue weighted by Crippen LogP contribution is 2.33. The van der Waals surface area contributed by atoms with Crippen LogP contribution in [-0.4, -0.2) is 88.1 Å². The van der Waals surface area contributed by atoms with Crippen molar-refractivity contribution in [2.24, 2.45) is 0 Å². The van der Waals surface area contributed by atoms with Crippen molar-refractivity contribution in [3.05, 3.63) is 70.1 Å². The van der Waals surface area contributed by atoms with Gasteiger partial charge in [0, 0.05) is 55.6 Å². The van der Waals surface area contributed by atoms with E-state index in [0.29, 0.717) is 39.9 Å². The Balaban J connectivity index is 1.12. The highest BCUT2D eigenvalue weighted by molar-refractivity contribution is 6.33. The van der Waals surface area contributed by atoms with Crippen molar-refractivity contribution in [1.29, 1.82) is 0 Å². The molecule has 1 saturated heterocycles. The number of halogens is 2. The number of hydrogen-bond donors (Lipinski definition) is 3. The number of carbonyl (C=O) groups is 2. The maximum Gasteiger partial charge on any atom is 0.255 e. The molecule has 1 aromatic heterocycles. The summed E-state index contributed by atoms with van der Waals surface area (Å²) >= 11 is 6.51. The lowest BCUT2D eigenvalue weighted by molar-refractivity contribution is -0.125. The molecule has 12 heteroatoms. The fourth-order valence-corrected chi connectivity index (χ4v) is 6.68. The third-order valence-electron chi connectivity index (χ3n) is 9.47. The average molecular weight is 650 g/mol. The maximum absolute atomic E-state index is 14.7. The van der Waals surface area contributed by atoms with Gasteiger partial charge in [-0.05, 0) is 82.0 Å². The lowest BCUT2D eigenvalue weighted by Crippen LogP contribution is -2.46. The van der Waals surface area contributed by atoms with Gasteiger partial charge in [-0.15, -0.1) is 0 Å². The average Bonchev–Trinajstić information content (AvgIpc) is 3.38. The van der Waals surface area contributed by atoms with Gasteiger partial charge in [0.2, 0.25) is 11.9 Å². The van der Waals surface area contributed by atoms with Crippen LogP contribution in [0.25, 0.3) is 11.3 Å². The number of nitrogens with one attached hydrogen (secondary N) is 2. The Hall–Kier alpha value is -3.80. The Morgan fingerprint density at radius 2 is 1.80 bits per heavy atom. The molecule has 46 heavy (non-hydrogen) atoms. The molecule has 0 radical (unpaired) electrons. The predicted octanol–water partition coefficient (Wildman–Crippen LogP) is 4.63. The number of nitrogens with zero attached hydrogens (tertiary/aromatic N) is 5. The van der Waals surface area contributed by atoms with Crippen molar-refractivity contribution >= 4 is 35.1 Å². The fraction of sp³-hybridized carbons (Fsp3) is 0.471. The van der Waals surface area contributed by atoms with Crippen LogP contribution < -0.4 is 15.5 Å². The summed E-state index contributed by atoms with van der Waals surface area (Å²) < 4.78 is 14.7. The number of fused-ring (bicyclic) bond motifs is 1. The quantitative estimate of drug-likeness (QED) is 0.324. The lowest BCUT2D eigenvalue weighted by atomic mass is 9.93. The van der Waals surface area contributed by atoms with Crippen LogP contribution in [0.3, 0.4) is 0 Å². The standard InChI is InChI=1S/C34H41ClFN7O3/c1-20(24-14-25(36)17-27(15-24)42-12-10-41(3)11-13-42)38-32(45)21(2)43-19-23-5-4-22(16-29(23)33(43)46)31-30(35)18-37-34(40-31)39-26-6-8-28(44)9-7-26/h4-5,14-18,20-21,26,28,44H,6-13,19H2,1-3H3,(H,38,45)(H,37,39,40). The first-order valence-electron chi connectivity index (χ1n) is 16.0. The Labute approximate surface area is 274 Å². The van der Waals surface area contributed by atoms with Gasteiger partial charge in [-0.25, -0.2) is 14.4 Å². The normalized spacial score (nSPS) is 21.6. The first-order valence-corrected chi connectivity index (χ1v) is 16.4. The van der Waals surface area contributed by atoms with Crippen molar-refractivity contribution in [3.8, 4) is 11.3 Å². The van der Waals surface area contributed by atoms with Crippen LogP contribution in [0.15, 0.2) is 42.6 Å². The molecule has 1 aliphatic carbocycles. The van der Waals surface area contributed by atoms with E-state index >= 15 is 0 Å². The number of aromatic nitrogens is 2. The highest BCUT2D eigenvalue weighted by atomic mass is 35.5. The molecule has 3 heterocycles. The molecule has 0 bridgehead atoms. The first-order chi connectivity index (χ1) is 22.0. The number of rotatable bonds is 8. The Morgan fingerprint density at radius 1 is 1.07 bits per heavy atom. The number of piperazine rings is 1. The fourth-order valence-electron chi connectivity index (χ4n) is 6.48. The van der Waals surface area contributed by atoms with E-state index < -0.39 is 12.1 Å². The SMILES string of the molecule is CC(NC(=O)C(C)N1Cc2ccc(-c3nc(NC4CCC(O)CC4)ncc3Cl)cc2C1=O)c1cc(F)cc(N2CCN(C)CC2)c1. The molecule has 3 N–H and O–H groups in total. The van der Waals surface area contributed by atoms with Crippen molar-refractivity contribution < 1.29 is 19.1 Å². The van der Waals surface area contributed by atoms with Crippen LogP contribution in [0.2, 0.25) is 5.02 Å². The van der Waals surface area contributed by atoms with E-state index in [9.17, 15) is 19.1 Å². The van der Waals surface area contributed by atoms with Crippen molar-refractivity contribution in [2.45, 2.75) is 70.3 Å². The van der Waals surface area contributed by atoms with Gasteiger partial charge in [0.05, 0.1) is 29.1 Å². The Kier molecular flexibility index (Phi) is 9.44. The zero-order valence-corrected chi connectivity index (χ0v) is 27.2. The summed E-state index contributed by atoms with van der Waals surface area (Å²) in [6.45, 7) is 7.25. The van der Waals surface area contributed by atoms with E-state index in [1.54, 1.807) is 24.1 Å². The molecule has 2 unspecified atom stereocenters. The summed E-state index contributed by atoms with van der Waals surface area (Å²) in [6.07, 6.45) is 4.42. The summed E-state index contributed by atoms with van der Waals surface area (Å²) in [6, 6.07) is 9.40. The van der Waals surface area contributed by atoms with Crippen LogP contribution in [-0.2, 0) is 11.3 Å². The number of aliphatic hydroxyl groups excluding tert-OH is 1. The number of benzene rings is 2. The summed E-state index contributed by atoms with van der Waals surface area (Å²) in [5, 5.41) is 16.5. The third kappa shape index (κ3) is 6.96. The molecule has 10 nitrogen and oxygen atoms in total. The molecule has 0 spiro atoms. The van der Waals surface area contributed by atoms with Crippen LogP contribution in [0.5, 0.6) is 0 Å².